The van der Waals surface area contributed by atoms with Gasteiger partial charge < -0.3 is 0 Å². The van der Waals surface area contributed by atoms with Gasteiger partial charge in [0, 0.05) is 12.1 Å². The van der Waals surface area contributed by atoms with Crippen molar-refractivity contribution >= 4 is 11.6 Å². The van der Waals surface area contributed by atoms with Gasteiger partial charge in [-0.25, -0.2) is 0 Å². The van der Waals surface area contributed by atoms with Crippen LogP contribution < -0.4 is 4.90 Å². The molecule has 1 aliphatic carbocycles. The maximum Gasteiger partial charge on any atom is 0.416 e. The molecular formula is C17H23F3N2O. The summed E-state index contributed by atoms with van der Waals surface area (Å²) in [6.07, 6.45) is -0.389. The van der Waals surface area contributed by atoms with E-state index in [9.17, 15) is 18.0 Å². The average molecular weight is 328 g/mol. The number of hydrogen-bond donors (Lipinski definition) is 0. The van der Waals surface area contributed by atoms with Crippen molar-refractivity contribution in [1.82, 2.24) is 4.90 Å². The Balaban J connectivity index is 2.45. The van der Waals surface area contributed by atoms with Crippen LogP contribution in [-0.2, 0) is 11.0 Å². The van der Waals surface area contributed by atoms with Gasteiger partial charge in [0.25, 0.3) is 0 Å². The lowest BCUT2D eigenvalue weighted by Gasteiger charge is -2.46. The third-order valence-corrected chi connectivity index (χ3v) is 4.66. The molecule has 23 heavy (non-hydrogen) atoms. The minimum atomic E-state index is -4.37. The molecule has 0 bridgehead atoms. The molecule has 2 rings (SSSR count). The van der Waals surface area contributed by atoms with Gasteiger partial charge in [0.1, 0.15) is 5.66 Å². The molecule has 0 radical (unpaired) electrons. The Morgan fingerprint density at radius 3 is 2.04 bits per heavy atom. The van der Waals surface area contributed by atoms with Crippen LogP contribution in [0.5, 0.6) is 0 Å². The molecule has 0 unspecified atom stereocenters. The maximum absolute atomic E-state index is 12.8. The second kappa shape index (κ2) is 6.51. The van der Waals surface area contributed by atoms with Crippen LogP contribution in [-0.4, -0.2) is 30.6 Å². The molecule has 0 atom stereocenters. The number of benzene rings is 1. The van der Waals surface area contributed by atoms with E-state index < -0.39 is 17.4 Å². The van der Waals surface area contributed by atoms with Crippen LogP contribution in [0.15, 0.2) is 24.3 Å². The Morgan fingerprint density at radius 1 is 1.13 bits per heavy atom. The number of halogens is 3. The number of carbonyl (C=O) groups is 1. The molecule has 1 aromatic carbocycles. The zero-order valence-electron chi connectivity index (χ0n) is 13.8. The number of carbonyl (C=O) groups excluding carboxylic acids is 1. The number of hydrogen-bond acceptors (Lipinski definition) is 2. The first-order valence-corrected chi connectivity index (χ1v) is 7.90. The largest absolute Gasteiger partial charge is 0.416 e. The van der Waals surface area contributed by atoms with Crippen LogP contribution in [0.1, 0.15) is 44.6 Å². The van der Waals surface area contributed by atoms with Crippen molar-refractivity contribution in [2.75, 3.05) is 19.0 Å². The first-order valence-electron chi connectivity index (χ1n) is 7.90. The second-order valence-electron chi connectivity index (χ2n) is 6.21. The van der Waals surface area contributed by atoms with Crippen LogP contribution >= 0.6 is 0 Å². The average Bonchev–Trinajstić information content (AvgIpc) is 2.97. The second-order valence-corrected chi connectivity index (χ2v) is 6.21. The Hall–Kier alpha value is -1.56. The monoisotopic (exact) mass is 328 g/mol. The predicted octanol–water partition coefficient (Wildman–Crippen LogP) is 4.28. The fourth-order valence-corrected chi connectivity index (χ4v) is 3.39. The highest BCUT2D eigenvalue weighted by atomic mass is 19.4. The molecule has 1 aromatic rings. The summed E-state index contributed by atoms with van der Waals surface area (Å²) in [5.41, 5.74) is -0.622. The van der Waals surface area contributed by atoms with Crippen LogP contribution in [0, 0.1) is 0 Å². The van der Waals surface area contributed by atoms with Gasteiger partial charge in [-0.15, -0.1) is 0 Å². The van der Waals surface area contributed by atoms with Crippen molar-refractivity contribution in [1.29, 1.82) is 0 Å². The molecule has 1 amide bonds. The van der Waals surface area contributed by atoms with Crippen LogP contribution in [0.4, 0.5) is 18.9 Å². The summed E-state index contributed by atoms with van der Waals surface area (Å²) in [7, 11) is 3.84. The van der Waals surface area contributed by atoms with Crippen molar-refractivity contribution in [2.45, 2.75) is 50.9 Å². The highest BCUT2D eigenvalue weighted by Gasteiger charge is 2.44. The zero-order valence-corrected chi connectivity index (χ0v) is 13.8. The Morgan fingerprint density at radius 2 is 1.65 bits per heavy atom. The van der Waals surface area contributed by atoms with E-state index in [-0.39, 0.29) is 5.91 Å². The van der Waals surface area contributed by atoms with E-state index in [4.69, 9.17) is 0 Å². The molecule has 0 aliphatic heterocycles. The number of amides is 1. The van der Waals surface area contributed by atoms with E-state index in [0.29, 0.717) is 12.1 Å². The molecule has 0 heterocycles. The van der Waals surface area contributed by atoms with E-state index in [1.807, 2.05) is 19.0 Å². The molecule has 0 N–H and O–H groups in total. The standard InChI is InChI=1S/C17H23F3N2O/c1-4-15(23)22(16(21(2)3)11-5-6-12-16)14-9-7-13(8-10-14)17(18,19)20/h7-10H,4-6,11-12H2,1-3H3. The third-order valence-electron chi connectivity index (χ3n) is 4.66. The van der Waals surface area contributed by atoms with Crippen molar-refractivity contribution in [3.63, 3.8) is 0 Å². The summed E-state index contributed by atoms with van der Waals surface area (Å²) in [6, 6.07) is 4.90. The van der Waals surface area contributed by atoms with Crippen molar-refractivity contribution in [3.05, 3.63) is 29.8 Å². The Kier molecular flexibility index (Phi) is 5.04. The molecule has 1 aliphatic rings. The molecule has 6 heteroatoms. The first kappa shape index (κ1) is 17.8. The predicted molar refractivity (Wildman–Crippen MR) is 84.1 cm³/mol. The molecule has 1 saturated carbocycles. The lowest BCUT2D eigenvalue weighted by molar-refractivity contribution is -0.137. The Bertz CT molecular complexity index is 546. The third kappa shape index (κ3) is 3.37. The van der Waals surface area contributed by atoms with Gasteiger partial charge in [0.15, 0.2) is 0 Å². The minimum absolute atomic E-state index is 0.0691. The first-order chi connectivity index (χ1) is 10.7. The molecule has 1 fully saturated rings. The summed E-state index contributed by atoms with van der Waals surface area (Å²) in [4.78, 5) is 16.3. The fourth-order valence-electron chi connectivity index (χ4n) is 3.39. The van der Waals surface area contributed by atoms with Crippen molar-refractivity contribution < 1.29 is 18.0 Å². The topological polar surface area (TPSA) is 23.6 Å². The maximum atomic E-state index is 12.8. The number of alkyl halides is 3. The van der Waals surface area contributed by atoms with Crippen molar-refractivity contribution in [2.24, 2.45) is 0 Å². The molecule has 128 valence electrons. The molecule has 0 spiro atoms. The summed E-state index contributed by atoms with van der Waals surface area (Å²) < 4.78 is 38.3. The minimum Gasteiger partial charge on any atom is -0.293 e. The van der Waals surface area contributed by atoms with Gasteiger partial charge in [-0.2, -0.15) is 13.2 Å². The lowest BCUT2D eigenvalue weighted by Crippen LogP contribution is -2.59. The van der Waals surface area contributed by atoms with E-state index >= 15 is 0 Å². The fraction of sp³-hybridized carbons (Fsp3) is 0.588. The van der Waals surface area contributed by atoms with Gasteiger partial charge in [-0.3, -0.25) is 14.6 Å². The van der Waals surface area contributed by atoms with E-state index in [1.54, 1.807) is 11.8 Å². The number of nitrogens with zero attached hydrogens (tertiary/aromatic N) is 2. The number of rotatable bonds is 4. The molecule has 3 nitrogen and oxygen atoms in total. The van der Waals surface area contributed by atoms with Crippen molar-refractivity contribution in [3.8, 4) is 0 Å². The summed E-state index contributed by atoms with van der Waals surface area (Å²) >= 11 is 0. The highest BCUT2D eigenvalue weighted by Crippen LogP contribution is 2.41. The molecule has 0 saturated heterocycles. The van der Waals surface area contributed by atoms with Crippen LogP contribution in [0.3, 0.4) is 0 Å². The highest BCUT2D eigenvalue weighted by molar-refractivity contribution is 5.94. The molecule has 0 aromatic heterocycles. The normalized spacial score (nSPS) is 17.5. The smallest absolute Gasteiger partial charge is 0.293 e. The van der Waals surface area contributed by atoms with Gasteiger partial charge >= 0.3 is 6.18 Å². The van der Waals surface area contributed by atoms with Gasteiger partial charge in [-0.1, -0.05) is 6.92 Å². The van der Waals surface area contributed by atoms with E-state index in [1.165, 1.54) is 12.1 Å². The quantitative estimate of drug-likeness (QED) is 0.770. The molecular weight excluding hydrogens is 305 g/mol. The van der Waals surface area contributed by atoms with E-state index in [2.05, 4.69) is 0 Å². The summed E-state index contributed by atoms with van der Waals surface area (Å²) in [5, 5.41) is 0. The van der Waals surface area contributed by atoms with Crippen LogP contribution in [0.2, 0.25) is 0 Å². The summed E-state index contributed by atoms with van der Waals surface area (Å²) in [6.45, 7) is 1.78. The number of anilines is 1. The van der Waals surface area contributed by atoms with Gasteiger partial charge in [0.2, 0.25) is 5.91 Å². The summed E-state index contributed by atoms with van der Waals surface area (Å²) in [5.74, 6) is -0.0691. The lowest BCUT2D eigenvalue weighted by atomic mass is 10.0. The Labute approximate surface area is 135 Å². The van der Waals surface area contributed by atoms with Crippen LogP contribution in [0.25, 0.3) is 0 Å². The SMILES string of the molecule is CCC(=O)N(c1ccc(C(F)(F)F)cc1)C1(N(C)C)CCCC1. The van der Waals surface area contributed by atoms with Gasteiger partial charge in [0.05, 0.1) is 5.56 Å². The van der Waals surface area contributed by atoms with Gasteiger partial charge in [-0.05, 0) is 64.0 Å². The van der Waals surface area contributed by atoms with E-state index in [0.717, 1.165) is 37.8 Å². The zero-order chi connectivity index (χ0) is 17.3.